The van der Waals surface area contributed by atoms with Crippen molar-refractivity contribution in [2.45, 2.75) is 25.8 Å². The molecular formula is C13H19ClN2O2. The van der Waals surface area contributed by atoms with Gasteiger partial charge in [0.25, 0.3) is 0 Å². The van der Waals surface area contributed by atoms with Crippen molar-refractivity contribution in [3.05, 3.63) is 34.9 Å². The summed E-state index contributed by atoms with van der Waals surface area (Å²) in [7, 11) is 0. The van der Waals surface area contributed by atoms with Gasteiger partial charge in [0.2, 0.25) is 0 Å². The highest BCUT2D eigenvalue weighted by Crippen LogP contribution is 2.27. The van der Waals surface area contributed by atoms with E-state index in [0.717, 1.165) is 18.4 Å². The van der Waals surface area contributed by atoms with Crippen LogP contribution in [0.2, 0.25) is 5.02 Å². The van der Waals surface area contributed by atoms with Crippen LogP contribution in [0.25, 0.3) is 0 Å². The summed E-state index contributed by atoms with van der Waals surface area (Å²) in [5, 5.41) is 9.83. The molecule has 3 N–H and O–H groups in total. The highest BCUT2D eigenvalue weighted by Gasteiger charge is 2.24. The Morgan fingerprint density at radius 1 is 1.50 bits per heavy atom. The van der Waals surface area contributed by atoms with E-state index >= 15 is 0 Å². The molecule has 1 aromatic carbocycles. The van der Waals surface area contributed by atoms with Crippen molar-refractivity contribution >= 4 is 17.7 Å². The van der Waals surface area contributed by atoms with Gasteiger partial charge in [-0.2, -0.15) is 0 Å². The summed E-state index contributed by atoms with van der Waals surface area (Å²) in [6.45, 7) is 2.71. The Hall–Kier alpha value is -1.26. The monoisotopic (exact) mass is 270 g/mol. The maximum Gasteiger partial charge on any atom is 0.407 e. The molecule has 0 fully saturated rings. The zero-order valence-corrected chi connectivity index (χ0v) is 11.2. The molecule has 100 valence electrons. The van der Waals surface area contributed by atoms with E-state index < -0.39 is 6.09 Å². The van der Waals surface area contributed by atoms with E-state index in [9.17, 15) is 9.90 Å². The number of nitrogens with two attached hydrogens (primary N) is 1. The number of rotatable bonds is 6. The Morgan fingerprint density at radius 2 is 2.17 bits per heavy atom. The van der Waals surface area contributed by atoms with E-state index in [1.165, 1.54) is 4.90 Å². The summed E-state index contributed by atoms with van der Waals surface area (Å²) in [5.41, 5.74) is 6.48. The van der Waals surface area contributed by atoms with Crippen LogP contribution >= 0.6 is 11.6 Å². The van der Waals surface area contributed by atoms with Gasteiger partial charge >= 0.3 is 6.09 Å². The minimum Gasteiger partial charge on any atom is -0.465 e. The molecule has 0 aromatic heterocycles. The number of unbranched alkanes of at least 4 members (excludes halogenated alkanes) is 1. The second-order valence-corrected chi connectivity index (χ2v) is 4.51. The van der Waals surface area contributed by atoms with Gasteiger partial charge in [-0.05, 0) is 18.1 Å². The van der Waals surface area contributed by atoms with Crippen molar-refractivity contribution in [3.8, 4) is 0 Å². The van der Waals surface area contributed by atoms with Crippen LogP contribution in [0.15, 0.2) is 24.3 Å². The van der Waals surface area contributed by atoms with Crippen LogP contribution in [0.3, 0.4) is 0 Å². The second kappa shape index (κ2) is 7.24. The summed E-state index contributed by atoms with van der Waals surface area (Å²) >= 11 is 6.11. The maximum absolute atomic E-state index is 11.3. The van der Waals surface area contributed by atoms with Gasteiger partial charge in [-0.1, -0.05) is 43.1 Å². The SMILES string of the molecule is CCCCN(C(=O)O)C(CN)c1ccccc1Cl. The minimum absolute atomic E-state index is 0.222. The van der Waals surface area contributed by atoms with Gasteiger partial charge in [-0.3, -0.25) is 4.90 Å². The van der Waals surface area contributed by atoms with Crippen molar-refractivity contribution in [2.24, 2.45) is 5.73 Å². The van der Waals surface area contributed by atoms with Crippen LogP contribution in [0, 0.1) is 0 Å². The molecular weight excluding hydrogens is 252 g/mol. The molecule has 1 amide bonds. The molecule has 0 saturated carbocycles. The average molecular weight is 271 g/mol. The zero-order valence-electron chi connectivity index (χ0n) is 10.5. The number of benzene rings is 1. The average Bonchev–Trinajstić information content (AvgIpc) is 2.35. The Labute approximate surface area is 112 Å². The number of carboxylic acid groups (broad SMARTS) is 1. The molecule has 4 nitrogen and oxygen atoms in total. The van der Waals surface area contributed by atoms with Crippen molar-refractivity contribution in [1.82, 2.24) is 4.90 Å². The number of amides is 1. The molecule has 1 atom stereocenters. The van der Waals surface area contributed by atoms with Gasteiger partial charge in [0, 0.05) is 18.1 Å². The zero-order chi connectivity index (χ0) is 13.5. The van der Waals surface area contributed by atoms with Gasteiger partial charge in [0.05, 0.1) is 6.04 Å². The lowest BCUT2D eigenvalue weighted by molar-refractivity contribution is 0.124. The number of hydrogen-bond acceptors (Lipinski definition) is 2. The molecule has 5 heteroatoms. The lowest BCUT2D eigenvalue weighted by Gasteiger charge is -2.29. The lowest BCUT2D eigenvalue weighted by Crippen LogP contribution is -2.38. The number of hydrogen-bond donors (Lipinski definition) is 2. The summed E-state index contributed by atoms with van der Waals surface area (Å²) < 4.78 is 0. The van der Waals surface area contributed by atoms with Crippen LogP contribution in [0.5, 0.6) is 0 Å². The molecule has 0 aliphatic carbocycles. The Kier molecular flexibility index (Phi) is 5.95. The first-order chi connectivity index (χ1) is 8.61. The van der Waals surface area contributed by atoms with Crippen LogP contribution in [0.1, 0.15) is 31.4 Å². The van der Waals surface area contributed by atoms with Crippen LogP contribution in [-0.2, 0) is 0 Å². The first-order valence-corrected chi connectivity index (χ1v) is 6.43. The fourth-order valence-corrected chi connectivity index (χ4v) is 2.14. The third kappa shape index (κ3) is 3.62. The van der Waals surface area contributed by atoms with Crippen molar-refractivity contribution in [3.63, 3.8) is 0 Å². The van der Waals surface area contributed by atoms with Crippen molar-refractivity contribution < 1.29 is 9.90 Å². The Balaban J connectivity index is 2.98. The van der Waals surface area contributed by atoms with Gasteiger partial charge in [0.1, 0.15) is 0 Å². The topological polar surface area (TPSA) is 66.6 Å². The molecule has 0 spiro atoms. The summed E-state index contributed by atoms with van der Waals surface area (Å²) in [6.07, 6.45) is 0.787. The first kappa shape index (κ1) is 14.8. The van der Waals surface area contributed by atoms with E-state index in [1.54, 1.807) is 6.07 Å². The molecule has 0 bridgehead atoms. The van der Waals surface area contributed by atoms with Gasteiger partial charge < -0.3 is 10.8 Å². The fourth-order valence-electron chi connectivity index (χ4n) is 1.88. The molecule has 0 saturated heterocycles. The van der Waals surface area contributed by atoms with Crippen molar-refractivity contribution in [1.29, 1.82) is 0 Å². The molecule has 1 unspecified atom stereocenters. The smallest absolute Gasteiger partial charge is 0.407 e. The maximum atomic E-state index is 11.3. The summed E-state index contributed by atoms with van der Waals surface area (Å²) in [6, 6.07) is 6.84. The van der Waals surface area contributed by atoms with Crippen LogP contribution in [0.4, 0.5) is 4.79 Å². The van der Waals surface area contributed by atoms with E-state index in [1.807, 2.05) is 25.1 Å². The lowest BCUT2D eigenvalue weighted by atomic mass is 10.1. The molecule has 0 aliphatic heterocycles. The van der Waals surface area contributed by atoms with E-state index in [4.69, 9.17) is 17.3 Å². The first-order valence-electron chi connectivity index (χ1n) is 6.05. The van der Waals surface area contributed by atoms with E-state index in [-0.39, 0.29) is 12.6 Å². The minimum atomic E-state index is -0.959. The summed E-state index contributed by atoms with van der Waals surface area (Å²) in [4.78, 5) is 12.7. The van der Waals surface area contributed by atoms with Gasteiger partial charge in [0.15, 0.2) is 0 Å². The number of halogens is 1. The predicted octanol–water partition coefficient (Wildman–Crippen LogP) is 3.12. The molecule has 0 heterocycles. The molecule has 1 rings (SSSR count). The normalized spacial score (nSPS) is 12.2. The third-order valence-corrected chi connectivity index (χ3v) is 3.21. The number of nitrogens with zero attached hydrogens (tertiary/aromatic N) is 1. The molecule has 1 aromatic rings. The largest absolute Gasteiger partial charge is 0.465 e. The van der Waals surface area contributed by atoms with Gasteiger partial charge in [-0.15, -0.1) is 0 Å². The van der Waals surface area contributed by atoms with E-state index in [0.29, 0.717) is 11.6 Å². The Bertz CT molecular complexity index is 398. The Morgan fingerprint density at radius 3 is 2.67 bits per heavy atom. The third-order valence-electron chi connectivity index (χ3n) is 2.86. The van der Waals surface area contributed by atoms with Crippen molar-refractivity contribution in [2.75, 3.05) is 13.1 Å². The second-order valence-electron chi connectivity index (χ2n) is 4.10. The standard InChI is InChI=1S/C13H19ClN2O2/c1-2-3-8-16(13(17)18)12(9-15)10-6-4-5-7-11(10)14/h4-7,12H,2-3,8-9,15H2,1H3,(H,17,18). The van der Waals surface area contributed by atoms with Crippen LogP contribution < -0.4 is 5.73 Å². The fraction of sp³-hybridized carbons (Fsp3) is 0.462. The van der Waals surface area contributed by atoms with E-state index in [2.05, 4.69) is 0 Å². The quantitative estimate of drug-likeness (QED) is 0.835. The molecule has 0 aliphatic rings. The summed E-state index contributed by atoms with van der Waals surface area (Å²) in [5.74, 6) is 0. The van der Waals surface area contributed by atoms with Crippen LogP contribution in [-0.4, -0.2) is 29.2 Å². The molecule has 0 radical (unpaired) electrons. The highest BCUT2D eigenvalue weighted by molar-refractivity contribution is 6.31. The highest BCUT2D eigenvalue weighted by atomic mass is 35.5. The van der Waals surface area contributed by atoms with Gasteiger partial charge in [-0.25, -0.2) is 4.79 Å². The predicted molar refractivity (Wildman–Crippen MR) is 72.9 cm³/mol. The number of carbonyl (C=O) groups is 1. The molecule has 18 heavy (non-hydrogen) atoms.